The number of benzene rings is 1. The van der Waals surface area contributed by atoms with Crippen molar-refractivity contribution >= 4 is 22.6 Å². The molecule has 0 radical (unpaired) electrons. The summed E-state index contributed by atoms with van der Waals surface area (Å²) in [6.07, 6.45) is 9.01. The van der Waals surface area contributed by atoms with Crippen LogP contribution in [0, 0.1) is 6.92 Å². The van der Waals surface area contributed by atoms with Gasteiger partial charge in [0.25, 0.3) is 0 Å². The van der Waals surface area contributed by atoms with Gasteiger partial charge in [-0.3, -0.25) is 19.4 Å². The molecule has 0 aliphatic heterocycles. The van der Waals surface area contributed by atoms with Crippen molar-refractivity contribution < 1.29 is 4.79 Å². The Kier molecular flexibility index (Phi) is 5.30. The van der Waals surface area contributed by atoms with Gasteiger partial charge in [-0.2, -0.15) is 5.10 Å². The van der Waals surface area contributed by atoms with Gasteiger partial charge in [0.15, 0.2) is 5.82 Å². The molecule has 0 fully saturated rings. The molecule has 6 aromatic rings. The molecule has 1 amide bonds. The Balaban J connectivity index is 1.16. The summed E-state index contributed by atoms with van der Waals surface area (Å²) in [5, 5.41) is 10.1. The number of nitrogens with zero attached hydrogens (tertiary/aromatic N) is 6. The van der Waals surface area contributed by atoms with Crippen molar-refractivity contribution in [2.24, 2.45) is 0 Å². The molecule has 0 saturated heterocycles. The van der Waals surface area contributed by atoms with Crippen molar-refractivity contribution in [2.45, 2.75) is 13.3 Å². The van der Waals surface area contributed by atoms with Crippen LogP contribution >= 0.6 is 0 Å². The first-order chi connectivity index (χ1) is 17.6. The fourth-order valence-electron chi connectivity index (χ4n) is 3.99. The van der Waals surface area contributed by atoms with Crippen molar-refractivity contribution in [3.05, 3.63) is 91.0 Å². The van der Waals surface area contributed by atoms with E-state index in [1.807, 2.05) is 66.2 Å². The first-order valence-corrected chi connectivity index (χ1v) is 11.3. The summed E-state index contributed by atoms with van der Waals surface area (Å²) in [6, 6.07) is 15.1. The number of aromatic nitrogens is 8. The molecule has 10 nitrogen and oxygen atoms in total. The lowest BCUT2D eigenvalue weighted by Gasteiger charge is -2.05. The Morgan fingerprint density at radius 1 is 1.06 bits per heavy atom. The number of pyridine rings is 2. The fraction of sp³-hybridized carbons (Fsp3) is 0.0769. The Bertz CT molecular complexity index is 1660. The van der Waals surface area contributed by atoms with Crippen LogP contribution < -0.4 is 5.32 Å². The molecule has 0 spiro atoms. The van der Waals surface area contributed by atoms with E-state index in [1.54, 1.807) is 24.9 Å². The van der Waals surface area contributed by atoms with Gasteiger partial charge in [0, 0.05) is 47.3 Å². The van der Waals surface area contributed by atoms with Crippen molar-refractivity contribution in [1.29, 1.82) is 0 Å². The Morgan fingerprint density at radius 3 is 2.72 bits per heavy atom. The van der Waals surface area contributed by atoms with Crippen LogP contribution in [0.5, 0.6) is 0 Å². The number of H-pyrrole nitrogens is 2. The second-order valence-corrected chi connectivity index (χ2v) is 8.36. The minimum Gasteiger partial charge on any atom is -0.338 e. The van der Waals surface area contributed by atoms with Gasteiger partial charge < -0.3 is 10.3 Å². The predicted molar refractivity (Wildman–Crippen MR) is 135 cm³/mol. The highest BCUT2D eigenvalue weighted by molar-refractivity contribution is 5.92. The molecule has 5 aromatic heterocycles. The monoisotopic (exact) mass is 475 g/mol. The molecule has 0 aliphatic rings. The highest BCUT2D eigenvalue weighted by atomic mass is 16.1. The summed E-state index contributed by atoms with van der Waals surface area (Å²) >= 11 is 0. The quantitative estimate of drug-likeness (QED) is 0.333. The van der Waals surface area contributed by atoms with Crippen LogP contribution in [-0.4, -0.2) is 45.6 Å². The molecule has 5 heterocycles. The number of aryl methyl sites for hydroxylation is 1. The molecule has 6 rings (SSSR count). The van der Waals surface area contributed by atoms with Crippen LogP contribution in [0.1, 0.15) is 11.4 Å². The number of amides is 1. The lowest BCUT2D eigenvalue weighted by molar-refractivity contribution is -0.115. The van der Waals surface area contributed by atoms with E-state index in [-0.39, 0.29) is 12.3 Å². The number of carbonyl (C=O) groups is 1. The topological polar surface area (TPSA) is 130 Å². The third-order valence-electron chi connectivity index (χ3n) is 5.72. The first kappa shape index (κ1) is 21.4. The van der Waals surface area contributed by atoms with Gasteiger partial charge in [0.05, 0.1) is 23.3 Å². The summed E-state index contributed by atoms with van der Waals surface area (Å²) in [4.78, 5) is 33.6. The van der Waals surface area contributed by atoms with Crippen LogP contribution in [0.3, 0.4) is 0 Å². The van der Waals surface area contributed by atoms with Gasteiger partial charge in [-0.25, -0.2) is 15.0 Å². The number of aromatic amines is 2. The molecule has 176 valence electrons. The van der Waals surface area contributed by atoms with Gasteiger partial charge in [-0.05, 0) is 55.5 Å². The maximum absolute atomic E-state index is 12.6. The summed E-state index contributed by atoms with van der Waals surface area (Å²) in [5.74, 6) is 1.29. The molecule has 0 bridgehead atoms. The zero-order chi connectivity index (χ0) is 24.5. The van der Waals surface area contributed by atoms with Crippen molar-refractivity contribution in [1.82, 2.24) is 39.7 Å². The number of nitrogens with one attached hydrogen (secondary N) is 3. The van der Waals surface area contributed by atoms with Crippen LogP contribution in [0.4, 0.5) is 5.69 Å². The number of carbonyl (C=O) groups excluding carboxylic acids is 1. The molecule has 1 aromatic carbocycles. The normalized spacial score (nSPS) is 11.1. The van der Waals surface area contributed by atoms with Crippen LogP contribution in [0.25, 0.3) is 39.5 Å². The molecule has 0 saturated carbocycles. The standard InChI is InChI=1S/C26H21N9O/c1-16-14-35(15-29-16)26-24-21(8-10-28-26)31-25(32-24)17-4-6-19(7-5-17)30-23(36)12-20-11-22(34-33-20)18-3-2-9-27-13-18/h2-11,13-15H,12H2,1H3,(H,30,36)(H,31,32)(H,33,34). The summed E-state index contributed by atoms with van der Waals surface area (Å²) in [5.41, 5.74) is 6.50. The molecule has 36 heavy (non-hydrogen) atoms. The van der Waals surface area contributed by atoms with Crippen LogP contribution in [0.15, 0.2) is 79.6 Å². The van der Waals surface area contributed by atoms with Gasteiger partial charge in [0.2, 0.25) is 5.91 Å². The molecule has 0 aliphatic carbocycles. The lowest BCUT2D eigenvalue weighted by atomic mass is 10.1. The predicted octanol–water partition coefficient (Wildman–Crippen LogP) is 4.09. The van der Waals surface area contributed by atoms with Crippen molar-refractivity contribution in [3.8, 4) is 28.5 Å². The number of hydrogen-bond acceptors (Lipinski definition) is 6. The van der Waals surface area contributed by atoms with E-state index in [0.29, 0.717) is 17.3 Å². The molecular formula is C26H21N9O. The Labute approximate surface area is 205 Å². The Morgan fingerprint density at radius 2 is 1.94 bits per heavy atom. The van der Waals surface area contributed by atoms with E-state index in [4.69, 9.17) is 4.98 Å². The third kappa shape index (κ3) is 4.23. The van der Waals surface area contributed by atoms with E-state index < -0.39 is 0 Å². The zero-order valence-electron chi connectivity index (χ0n) is 19.3. The summed E-state index contributed by atoms with van der Waals surface area (Å²) in [6.45, 7) is 1.93. The highest BCUT2D eigenvalue weighted by Gasteiger charge is 2.13. The van der Waals surface area contributed by atoms with Crippen LogP contribution in [0.2, 0.25) is 0 Å². The molecule has 3 N–H and O–H groups in total. The first-order valence-electron chi connectivity index (χ1n) is 11.3. The second-order valence-electron chi connectivity index (χ2n) is 8.36. The highest BCUT2D eigenvalue weighted by Crippen LogP contribution is 2.25. The average molecular weight is 476 g/mol. The minimum atomic E-state index is -0.140. The second kappa shape index (κ2) is 8.91. The van der Waals surface area contributed by atoms with Gasteiger partial charge in [-0.15, -0.1) is 0 Å². The number of fused-ring (bicyclic) bond motifs is 1. The smallest absolute Gasteiger partial charge is 0.230 e. The SMILES string of the molecule is Cc1cn(-c2nccc3[nH]c(-c4ccc(NC(=O)Cc5cc(-c6cccnc6)n[nH]5)cc4)nc23)cn1. The molecule has 0 unspecified atom stereocenters. The number of hydrogen-bond donors (Lipinski definition) is 3. The summed E-state index contributed by atoms with van der Waals surface area (Å²) < 4.78 is 1.86. The van der Waals surface area contributed by atoms with Gasteiger partial charge >= 0.3 is 0 Å². The molecule has 0 atom stereocenters. The van der Waals surface area contributed by atoms with E-state index in [0.717, 1.165) is 39.2 Å². The Hall–Kier alpha value is -5.12. The number of rotatable bonds is 6. The largest absolute Gasteiger partial charge is 0.338 e. The maximum Gasteiger partial charge on any atom is 0.230 e. The van der Waals surface area contributed by atoms with E-state index in [2.05, 4.69) is 35.5 Å². The summed E-state index contributed by atoms with van der Waals surface area (Å²) in [7, 11) is 0. The van der Waals surface area contributed by atoms with E-state index >= 15 is 0 Å². The van der Waals surface area contributed by atoms with E-state index in [1.165, 1.54) is 0 Å². The number of imidazole rings is 2. The minimum absolute atomic E-state index is 0.140. The molecular weight excluding hydrogens is 454 g/mol. The van der Waals surface area contributed by atoms with Gasteiger partial charge in [-0.1, -0.05) is 0 Å². The van der Waals surface area contributed by atoms with Gasteiger partial charge in [0.1, 0.15) is 17.7 Å². The van der Waals surface area contributed by atoms with Crippen molar-refractivity contribution in [2.75, 3.05) is 5.32 Å². The zero-order valence-corrected chi connectivity index (χ0v) is 19.3. The van der Waals surface area contributed by atoms with Crippen molar-refractivity contribution in [3.63, 3.8) is 0 Å². The third-order valence-corrected chi connectivity index (χ3v) is 5.72. The maximum atomic E-state index is 12.6. The molecule has 10 heteroatoms. The van der Waals surface area contributed by atoms with E-state index in [9.17, 15) is 4.79 Å². The number of anilines is 1. The fourth-order valence-corrected chi connectivity index (χ4v) is 3.99. The average Bonchev–Trinajstić information content (AvgIpc) is 3.64. The van der Waals surface area contributed by atoms with Crippen LogP contribution in [-0.2, 0) is 11.2 Å². The lowest BCUT2D eigenvalue weighted by Crippen LogP contribution is -2.14.